The average molecular weight is 1720 g/mol. The van der Waals surface area contributed by atoms with Crippen LogP contribution in [0.3, 0.4) is 0 Å². The number of nitrogens with one attached hydrogen (secondary N) is 4. The number of phenolic OH excluding ortho intramolecular Hbond substituents is 1. The summed E-state index contributed by atoms with van der Waals surface area (Å²) >= 11 is 9.53. The summed E-state index contributed by atoms with van der Waals surface area (Å²) in [6, 6.07) is 39.2. The van der Waals surface area contributed by atoms with Gasteiger partial charge in [-0.25, -0.2) is 13.2 Å². The highest BCUT2D eigenvalue weighted by molar-refractivity contribution is 6.40. The standard InChI is InChI=1S/C31H31FN2O8.C30H29FN2O8.C27H24FNO7.CH2Cl2/c1-34(2)13-26(35)42-30-24(37-3)9-16(10-25(30)38-4)27-19-11-22-23(41-15-40-22)12-20(19)29(21-14-39-31(36)28(21)27)33-18-7-5-17(32)6-8-18;1-32-12-25(34)41-29-23(36-2)8-15(9-24(29)37-3)26-18-10-21-22(40-14-39-21)11-19(18)28(20-13-38-30(35)27(20)26)33-17-6-4-16(31)5-7-17;1-32-21-7-13(8-22(33-2)26(21)30)23-16-9-19-20(36-12-35-19)10-17(16)25(18-11-34-27(31)24(18)23)29-15-5-3-14(28)4-6-15;2-1-3/h5-12,21,27-29,33H,13-15H2,1-4H3;4-11,20,26-28,32-33H,12-14H2,1-3H3;3-10,18,23-25,29-30H,11-12H2,1-2H3;1H2/t21-,27+,28-,29+;20-,26+,27-,28+;18-,23+,24-,25+;/m000./s1. The number of aromatic hydroxyl groups is 1. The minimum atomic E-state index is -0.577. The van der Waals surface area contributed by atoms with Crippen LogP contribution in [0, 0.1) is 53.0 Å². The van der Waals surface area contributed by atoms with E-state index in [2.05, 4.69) is 21.3 Å². The minimum Gasteiger partial charge on any atom is -0.502 e. The van der Waals surface area contributed by atoms with Gasteiger partial charge in [0.05, 0.1) is 117 Å². The lowest BCUT2D eigenvalue weighted by molar-refractivity contribution is -0.142. The number of rotatable bonds is 21. The van der Waals surface area contributed by atoms with Gasteiger partial charge in [0.15, 0.2) is 69.0 Å². The van der Waals surface area contributed by atoms with Crippen molar-refractivity contribution in [2.24, 2.45) is 35.5 Å². The van der Waals surface area contributed by atoms with Gasteiger partial charge in [0.1, 0.15) is 17.5 Å². The number of carbonyl (C=O) groups excluding carboxylic acids is 5. The first kappa shape index (κ1) is 84.4. The molecule has 18 rings (SSSR count). The number of hydrogen-bond acceptors (Lipinski definition) is 28. The van der Waals surface area contributed by atoms with Crippen molar-refractivity contribution in [2.45, 2.75) is 35.9 Å². The first-order valence-corrected chi connectivity index (χ1v) is 39.8. The van der Waals surface area contributed by atoms with Crippen LogP contribution in [-0.2, 0) is 38.2 Å². The highest BCUT2D eigenvalue weighted by Gasteiger charge is 2.56. The van der Waals surface area contributed by atoms with E-state index in [1.165, 1.54) is 79.1 Å². The van der Waals surface area contributed by atoms with Crippen LogP contribution in [0.15, 0.2) is 146 Å². The second-order valence-electron chi connectivity index (χ2n) is 29.9. The molecule has 3 saturated heterocycles. The molecular weight excluding hydrogens is 1630 g/mol. The van der Waals surface area contributed by atoms with Crippen molar-refractivity contribution in [3.05, 3.63) is 213 Å². The Morgan fingerprint density at radius 1 is 0.410 bits per heavy atom. The van der Waals surface area contributed by atoms with Gasteiger partial charge in [-0.15, -0.1) is 23.2 Å². The van der Waals surface area contributed by atoms with Crippen molar-refractivity contribution in [1.82, 2.24) is 10.2 Å². The molecule has 3 fully saturated rings. The molecule has 640 valence electrons. The number of methoxy groups -OCH3 is 6. The maximum absolute atomic E-state index is 13.7. The predicted octanol–water partition coefficient (Wildman–Crippen LogP) is 13.7. The van der Waals surface area contributed by atoms with Crippen molar-refractivity contribution in [3.8, 4) is 86.2 Å². The molecule has 5 N–H and O–H groups in total. The van der Waals surface area contributed by atoms with E-state index in [0.717, 1.165) is 44.6 Å². The van der Waals surface area contributed by atoms with E-state index in [1.807, 2.05) is 36.4 Å². The first-order valence-electron chi connectivity index (χ1n) is 38.7. The van der Waals surface area contributed by atoms with E-state index in [9.17, 15) is 42.3 Å². The monoisotopic (exact) mass is 1720 g/mol. The number of cyclic esters (lactones) is 3. The summed E-state index contributed by atoms with van der Waals surface area (Å²) in [4.78, 5) is 66.5. The summed E-state index contributed by atoms with van der Waals surface area (Å²) in [5.74, 6) is -1.53. The lowest BCUT2D eigenvalue weighted by Crippen LogP contribution is -2.37. The lowest BCUT2D eigenvalue weighted by atomic mass is 9.65. The fraction of sp³-hybridized carbons (Fsp3) is 0.337. The first-order chi connectivity index (χ1) is 59.1. The van der Waals surface area contributed by atoms with E-state index in [-0.39, 0.29) is 182 Å². The number of phenols is 1. The van der Waals surface area contributed by atoms with E-state index < -0.39 is 47.4 Å². The number of anilines is 3. The van der Waals surface area contributed by atoms with Gasteiger partial charge < -0.3 is 107 Å². The molecule has 0 unspecified atom stereocenters. The fourth-order valence-corrected chi connectivity index (χ4v) is 17.6. The Balaban J connectivity index is 0.000000140. The molecule has 122 heavy (non-hydrogen) atoms. The zero-order chi connectivity index (χ0) is 85.9. The van der Waals surface area contributed by atoms with Crippen LogP contribution in [0.2, 0.25) is 0 Å². The maximum Gasteiger partial charge on any atom is 0.325 e. The number of nitrogens with zero attached hydrogens (tertiary/aromatic N) is 1. The van der Waals surface area contributed by atoms with E-state index in [4.69, 9.17) is 104 Å². The molecule has 28 nitrogen and oxygen atoms in total. The smallest absolute Gasteiger partial charge is 0.325 e. The van der Waals surface area contributed by atoms with Gasteiger partial charge >= 0.3 is 29.8 Å². The molecule has 0 amide bonds. The molecule has 6 heterocycles. The zero-order valence-electron chi connectivity index (χ0n) is 67.4. The number of likely N-dealkylation sites (N-methyl/N-ethyl adjacent to an activating group) is 2. The molecule has 9 aromatic carbocycles. The molecule has 12 atom stereocenters. The van der Waals surface area contributed by atoms with Gasteiger partial charge in [-0.1, -0.05) is 0 Å². The third-order valence-corrected chi connectivity index (χ3v) is 22.8. The van der Waals surface area contributed by atoms with E-state index >= 15 is 0 Å². The number of hydrogen-bond donors (Lipinski definition) is 5. The number of carbonyl (C=O) groups is 5. The zero-order valence-corrected chi connectivity index (χ0v) is 68.9. The Labute approximate surface area is 708 Å². The highest BCUT2D eigenvalue weighted by atomic mass is 35.5. The Morgan fingerprint density at radius 3 is 0.934 bits per heavy atom. The molecule has 9 aromatic rings. The van der Waals surface area contributed by atoms with Gasteiger partial charge in [-0.3, -0.25) is 28.9 Å². The quantitative estimate of drug-likeness (QED) is 0.0193. The lowest BCUT2D eigenvalue weighted by Gasteiger charge is -2.40. The number of benzene rings is 9. The van der Waals surface area contributed by atoms with Gasteiger partial charge in [-0.2, -0.15) is 0 Å². The topological polar surface area (TPSA) is 314 Å². The number of ether oxygens (including phenoxy) is 17. The minimum absolute atomic E-state index is 0.00468. The molecule has 33 heteroatoms. The molecule has 0 bridgehead atoms. The fourth-order valence-electron chi connectivity index (χ4n) is 17.6. The van der Waals surface area contributed by atoms with Crippen molar-refractivity contribution < 1.29 is 123 Å². The van der Waals surface area contributed by atoms with Crippen LogP contribution in [-0.4, -0.2) is 162 Å². The number of halogens is 5. The van der Waals surface area contributed by atoms with Crippen LogP contribution >= 0.6 is 23.2 Å². The summed E-state index contributed by atoms with van der Waals surface area (Å²) in [6.07, 6.45) is 0. The SMILES string of the molecule is CNCC(=O)Oc1c(OC)cc([C@@H]2c3cc4c(cc3[C@@H](Nc3ccc(F)cc3)[C@H]3COC(=O)[C@H]23)OCO4)cc1OC.COc1cc([C@@H]2c3cc4c(cc3[C@@H](Nc3ccc(F)cc3)[C@H]3COC(=O)[C@H]23)OCO4)cc(OC)c1O.COc1cc([C@@H]2c3cc4c(cc3[C@@H](Nc3ccc(F)cc3)[C@H]3COC(=O)[C@H]23)OCO4)cc(OC)c1OC(=O)CN(C)C.ClCCl. The summed E-state index contributed by atoms with van der Waals surface area (Å²) in [7, 11) is 14.0. The van der Waals surface area contributed by atoms with Gasteiger partial charge in [0, 0.05) is 52.6 Å². The van der Waals surface area contributed by atoms with E-state index in [1.54, 1.807) is 98.8 Å². The summed E-state index contributed by atoms with van der Waals surface area (Å²) in [6.45, 7) is 0.949. The molecule has 0 saturated carbocycles. The molecule has 9 aliphatic rings. The van der Waals surface area contributed by atoms with Crippen LogP contribution < -0.4 is 87.6 Å². The Kier molecular flexibility index (Phi) is 25.2. The second-order valence-corrected chi connectivity index (χ2v) is 30.7. The van der Waals surface area contributed by atoms with Crippen molar-refractivity contribution in [2.75, 3.05) is 138 Å². The normalized spacial score (nSPS) is 21.9. The van der Waals surface area contributed by atoms with Crippen molar-refractivity contribution in [3.63, 3.8) is 0 Å². The second kappa shape index (κ2) is 36.4. The van der Waals surface area contributed by atoms with Crippen LogP contribution in [0.25, 0.3) is 0 Å². The van der Waals surface area contributed by atoms with Crippen LogP contribution in [0.1, 0.15) is 86.0 Å². The Bertz CT molecular complexity index is 5370. The molecule has 0 spiro atoms. The molecular formula is C89H86Cl2F3N5O23. The summed E-state index contributed by atoms with van der Waals surface area (Å²) in [5.41, 5.74) is 9.50. The predicted molar refractivity (Wildman–Crippen MR) is 436 cm³/mol. The van der Waals surface area contributed by atoms with Crippen molar-refractivity contribution >= 4 is 70.1 Å². The van der Waals surface area contributed by atoms with Crippen LogP contribution in [0.4, 0.5) is 30.2 Å². The number of alkyl halides is 2. The molecule has 0 aromatic heterocycles. The third-order valence-electron chi connectivity index (χ3n) is 22.8. The van der Waals surface area contributed by atoms with Crippen molar-refractivity contribution in [1.29, 1.82) is 0 Å². The third kappa shape index (κ3) is 16.8. The maximum atomic E-state index is 13.7. The Hall–Kier alpha value is -12.6. The number of esters is 5. The highest BCUT2D eigenvalue weighted by Crippen LogP contribution is 2.61. The van der Waals surface area contributed by atoms with E-state index in [0.29, 0.717) is 57.0 Å². The van der Waals surface area contributed by atoms with Gasteiger partial charge in [0.25, 0.3) is 0 Å². The van der Waals surface area contributed by atoms with Gasteiger partial charge in [0.2, 0.25) is 37.6 Å². The van der Waals surface area contributed by atoms with Crippen LogP contribution in [0.5, 0.6) is 86.2 Å². The average Bonchev–Trinajstić information content (AvgIpc) is 1.49. The molecule has 0 radical (unpaired) electrons. The Morgan fingerprint density at radius 2 is 0.672 bits per heavy atom. The van der Waals surface area contributed by atoms with Gasteiger partial charge in [-0.05, 0) is 217 Å². The number of fused-ring (bicyclic) bond motifs is 9. The molecule has 3 aliphatic carbocycles. The summed E-state index contributed by atoms with van der Waals surface area (Å²) in [5, 5.41) is 23.9. The molecule has 6 aliphatic heterocycles. The largest absolute Gasteiger partial charge is 0.502 e. The summed E-state index contributed by atoms with van der Waals surface area (Å²) < 4.78 is 137.